The highest BCUT2D eigenvalue weighted by atomic mass is 35.5. The fraction of sp³-hybridized carbons (Fsp3) is 0.286. The van der Waals surface area contributed by atoms with Crippen LogP contribution in [-0.2, 0) is 13.1 Å². The Morgan fingerprint density at radius 1 is 1.22 bits per heavy atom. The molecule has 2 aromatic carbocycles. The summed E-state index contributed by atoms with van der Waals surface area (Å²) in [6.45, 7) is 7.34. The van der Waals surface area contributed by atoms with E-state index in [-0.39, 0.29) is 5.78 Å². The van der Waals surface area contributed by atoms with Crippen LogP contribution in [0.2, 0.25) is 10.0 Å². The summed E-state index contributed by atoms with van der Waals surface area (Å²) < 4.78 is 11.9. The second-order valence-electron chi connectivity index (χ2n) is 7.13. The number of halogens is 2. The van der Waals surface area contributed by atoms with Gasteiger partial charge in [-0.1, -0.05) is 29.3 Å². The first-order valence-electron chi connectivity index (χ1n) is 8.70. The zero-order chi connectivity index (χ0) is 19.3. The fourth-order valence-corrected chi connectivity index (χ4v) is 3.95. The van der Waals surface area contributed by atoms with Crippen molar-refractivity contribution in [1.82, 2.24) is 4.90 Å². The van der Waals surface area contributed by atoms with Gasteiger partial charge in [-0.3, -0.25) is 9.69 Å². The number of carbonyl (C=O) groups excluding carboxylic acids is 1. The van der Waals surface area contributed by atoms with Crippen molar-refractivity contribution >= 4 is 29.0 Å². The fourth-order valence-electron chi connectivity index (χ4n) is 3.48. The lowest BCUT2D eigenvalue weighted by molar-refractivity contribution is 0.0872. The first-order chi connectivity index (χ1) is 12.8. The van der Waals surface area contributed by atoms with Crippen molar-refractivity contribution in [2.45, 2.75) is 33.9 Å². The van der Waals surface area contributed by atoms with Crippen molar-refractivity contribution in [2.75, 3.05) is 6.73 Å². The number of benzene rings is 2. The second kappa shape index (κ2) is 6.86. The van der Waals surface area contributed by atoms with Crippen LogP contribution in [0.1, 0.15) is 40.9 Å². The number of aryl methyl sites for hydroxylation is 1. The summed E-state index contributed by atoms with van der Waals surface area (Å²) in [5.41, 5.74) is 4.25. The predicted molar refractivity (Wildman–Crippen MR) is 106 cm³/mol. The summed E-state index contributed by atoms with van der Waals surface area (Å²) in [6.07, 6.45) is 0. The minimum absolute atomic E-state index is 0.0526. The van der Waals surface area contributed by atoms with Crippen molar-refractivity contribution in [1.29, 1.82) is 0 Å². The third-order valence-corrected chi connectivity index (χ3v) is 5.41. The first kappa shape index (κ1) is 18.4. The zero-order valence-electron chi connectivity index (χ0n) is 15.4. The molecule has 0 fully saturated rings. The molecular formula is C21H19Cl2NO3. The molecule has 4 nitrogen and oxygen atoms in total. The summed E-state index contributed by atoms with van der Waals surface area (Å²) >= 11 is 12.3. The van der Waals surface area contributed by atoms with Gasteiger partial charge < -0.3 is 9.47 Å². The van der Waals surface area contributed by atoms with Gasteiger partial charge in [0.1, 0.15) is 18.2 Å². The largest absolute Gasteiger partial charge is 0.478 e. The average Bonchev–Trinajstić information content (AvgIpc) is 2.96. The molecule has 2 aliphatic heterocycles. The highest BCUT2D eigenvalue weighted by Gasteiger charge is 2.35. The van der Waals surface area contributed by atoms with Crippen molar-refractivity contribution in [3.8, 4) is 11.5 Å². The zero-order valence-corrected chi connectivity index (χ0v) is 16.9. The highest BCUT2D eigenvalue weighted by molar-refractivity contribution is 6.35. The highest BCUT2D eigenvalue weighted by Crippen LogP contribution is 2.44. The molecule has 0 radical (unpaired) electrons. The predicted octanol–water partition coefficient (Wildman–Crippen LogP) is 5.52. The normalized spacial score (nSPS) is 15.9. The average molecular weight is 404 g/mol. The lowest BCUT2D eigenvalue weighted by Gasteiger charge is -2.30. The van der Waals surface area contributed by atoms with Gasteiger partial charge in [0.15, 0.2) is 5.76 Å². The Morgan fingerprint density at radius 2 is 2.00 bits per heavy atom. The number of ether oxygens (including phenoxy) is 2. The Hall–Kier alpha value is -2.01. The van der Waals surface area contributed by atoms with E-state index in [2.05, 4.69) is 4.90 Å². The SMILES string of the molecule is CC(C)=C1Oc2c3c(cc(C)c2C1=O)OCN(Cc1ccc(Cl)cc1Cl)C3. The minimum Gasteiger partial charge on any atom is -0.478 e. The number of Topliss-reactive ketones (excluding diaryl/α,β-unsaturated/α-hetero) is 1. The molecule has 2 heterocycles. The second-order valence-corrected chi connectivity index (χ2v) is 7.97. The topological polar surface area (TPSA) is 38.8 Å². The van der Waals surface area contributed by atoms with Gasteiger partial charge in [0, 0.05) is 23.1 Å². The molecule has 2 aromatic rings. The standard InChI is InChI=1S/C21H19Cl2NO3/c1-11(2)20-19(25)18-12(3)6-17-15(21(18)27-20)9-24(10-26-17)8-13-4-5-14(22)7-16(13)23/h4-7H,8-10H2,1-3H3. The number of allylic oxidation sites excluding steroid dienone is 2. The first-order valence-corrected chi connectivity index (χ1v) is 9.46. The molecule has 0 aromatic heterocycles. The number of nitrogens with zero attached hydrogens (tertiary/aromatic N) is 1. The molecule has 6 heteroatoms. The van der Waals surface area contributed by atoms with E-state index in [1.165, 1.54) is 0 Å². The molecular weight excluding hydrogens is 385 g/mol. The van der Waals surface area contributed by atoms with Crippen molar-refractivity contribution in [3.05, 3.63) is 67.9 Å². The Labute approximate surface area is 168 Å². The maximum atomic E-state index is 12.7. The van der Waals surface area contributed by atoms with Gasteiger partial charge in [0.2, 0.25) is 5.78 Å². The van der Waals surface area contributed by atoms with Crippen LogP contribution in [0, 0.1) is 6.92 Å². The van der Waals surface area contributed by atoms with Crippen LogP contribution >= 0.6 is 23.2 Å². The maximum Gasteiger partial charge on any atom is 0.232 e. The molecule has 4 rings (SSSR count). The maximum absolute atomic E-state index is 12.7. The lowest BCUT2D eigenvalue weighted by atomic mass is 9.98. The minimum atomic E-state index is -0.0526. The van der Waals surface area contributed by atoms with Crippen molar-refractivity contribution in [2.24, 2.45) is 0 Å². The van der Waals surface area contributed by atoms with E-state index < -0.39 is 0 Å². The van der Waals surface area contributed by atoms with Gasteiger partial charge in [0.05, 0.1) is 11.1 Å². The van der Waals surface area contributed by atoms with E-state index in [9.17, 15) is 4.79 Å². The van der Waals surface area contributed by atoms with E-state index in [4.69, 9.17) is 32.7 Å². The summed E-state index contributed by atoms with van der Waals surface area (Å²) in [7, 11) is 0. The summed E-state index contributed by atoms with van der Waals surface area (Å²) in [5, 5.41) is 1.24. The molecule has 140 valence electrons. The number of carbonyl (C=O) groups is 1. The van der Waals surface area contributed by atoms with E-state index in [1.807, 2.05) is 39.0 Å². The third-order valence-electron chi connectivity index (χ3n) is 4.83. The number of fused-ring (bicyclic) bond motifs is 3. The molecule has 0 aliphatic carbocycles. The van der Waals surface area contributed by atoms with Crippen molar-refractivity contribution < 1.29 is 14.3 Å². The molecule has 0 saturated heterocycles. The Bertz CT molecular complexity index is 993. The number of hydrogen-bond acceptors (Lipinski definition) is 4. The van der Waals surface area contributed by atoms with Crippen LogP contribution < -0.4 is 9.47 Å². The smallest absolute Gasteiger partial charge is 0.232 e. The van der Waals surface area contributed by atoms with Gasteiger partial charge in [0.25, 0.3) is 0 Å². The van der Waals surface area contributed by atoms with E-state index >= 15 is 0 Å². The van der Waals surface area contributed by atoms with Crippen molar-refractivity contribution in [3.63, 3.8) is 0 Å². The molecule has 0 spiro atoms. The number of hydrogen-bond donors (Lipinski definition) is 0. The summed E-state index contributed by atoms with van der Waals surface area (Å²) in [4.78, 5) is 14.8. The van der Waals surface area contributed by atoms with Gasteiger partial charge in [-0.2, -0.15) is 0 Å². The monoisotopic (exact) mass is 403 g/mol. The molecule has 0 atom stereocenters. The van der Waals surface area contributed by atoms with E-state index in [0.717, 1.165) is 28.0 Å². The molecule has 0 bridgehead atoms. The number of ketones is 1. The third kappa shape index (κ3) is 3.22. The van der Waals surface area contributed by atoms with Crippen LogP contribution in [0.5, 0.6) is 11.5 Å². The van der Waals surface area contributed by atoms with Crippen LogP contribution in [0.25, 0.3) is 0 Å². The molecule has 0 saturated carbocycles. The van der Waals surface area contributed by atoms with E-state index in [1.54, 1.807) is 6.07 Å². The van der Waals surface area contributed by atoms with Crippen LogP contribution in [0.15, 0.2) is 35.6 Å². The molecule has 0 amide bonds. The van der Waals surface area contributed by atoms with Crippen LogP contribution in [0.4, 0.5) is 0 Å². The van der Waals surface area contributed by atoms with Gasteiger partial charge in [-0.05, 0) is 55.7 Å². The molecule has 27 heavy (non-hydrogen) atoms. The van der Waals surface area contributed by atoms with Gasteiger partial charge >= 0.3 is 0 Å². The Kier molecular flexibility index (Phi) is 4.66. The van der Waals surface area contributed by atoms with Crippen LogP contribution in [-0.4, -0.2) is 17.4 Å². The Balaban J connectivity index is 1.67. The molecule has 2 aliphatic rings. The van der Waals surface area contributed by atoms with Gasteiger partial charge in [-0.15, -0.1) is 0 Å². The van der Waals surface area contributed by atoms with Crippen LogP contribution in [0.3, 0.4) is 0 Å². The molecule has 0 N–H and O–H groups in total. The summed E-state index contributed by atoms with van der Waals surface area (Å²) in [6, 6.07) is 7.41. The lowest BCUT2D eigenvalue weighted by Crippen LogP contribution is -2.32. The van der Waals surface area contributed by atoms with Gasteiger partial charge in [-0.25, -0.2) is 0 Å². The molecule has 0 unspecified atom stereocenters. The Morgan fingerprint density at radius 3 is 2.70 bits per heavy atom. The summed E-state index contributed by atoms with van der Waals surface area (Å²) in [5.74, 6) is 1.76. The van der Waals surface area contributed by atoms with E-state index in [0.29, 0.717) is 46.9 Å². The number of rotatable bonds is 2. The quantitative estimate of drug-likeness (QED) is 0.618.